The Morgan fingerprint density at radius 2 is 1.77 bits per heavy atom. The number of nitrogens with zero attached hydrogens (tertiary/aromatic N) is 2. The van der Waals surface area contributed by atoms with Gasteiger partial charge in [0, 0.05) is 31.1 Å². The van der Waals surface area contributed by atoms with Crippen LogP contribution in [-0.2, 0) is 27.0 Å². The van der Waals surface area contributed by atoms with Crippen molar-refractivity contribution in [2.45, 2.75) is 37.7 Å². The second-order valence-electron chi connectivity index (χ2n) is 6.38. The first kappa shape index (κ1) is 15.1. The molecule has 22 heavy (non-hydrogen) atoms. The maximum absolute atomic E-state index is 12.7. The summed E-state index contributed by atoms with van der Waals surface area (Å²) < 4.78 is 34.8. The Morgan fingerprint density at radius 1 is 1.09 bits per heavy atom. The average molecular weight is 342 g/mol. The zero-order valence-electron chi connectivity index (χ0n) is 12.7. The third kappa shape index (κ3) is 2.34. The molecule has 3 aliphatic rings. The number of hydrogen-bond acceptors (Lipinski definition) is 4. The first-order valence-electron chi connectivity index (χ1n) is 8.08. The van der Waals surface area contributed by atoms with Gasteiger partial charge >= 0.3 is 0 Å². The number of piperidine rings is 1. The molecule has 5 nitrogen and oxygen atoms in total. The van der Waals surface area contributed by atoms with Gasteiger partial charge in [0.2, 0.25) is 0 Å². The minimum atomic E-state index is -3.27. The lowest BCUT2D eigenvalue weighted by molar-refractivity contribution is -0.0865. The Kier molecular flexibility index (Phi) is 3.81. The molecule has 0 unspecified atom stereocenters. The highest BCUT2D eigenvalue weighted by molar-refractivity contribution is 7.86. The fourth-order valence-corrected chi connectivity index (χ4v) is 6.74. The van der Waals surface area contributed by atoms with Crippen molar-refractivity contribution in [2.75, 3.05) is 32.8 Å². The van der Waals surface area contributed by atoms with Crippen molar-refractivity contribution in [3.05, 3.63) is 21.9 Å². The van der Waals surface area contributed by atoms with E-state index in [0.29, 0.717) is 26.2 Å². The minimum Gasteiger partial charge on any atom is -0.369 e. The van der Waals surface area contributed by atoms with Gasteiger partial charge in [-0.3, -0.25) is 0 Å². The van der Waals surface area contributed by atoms with Crippen molar-refractivity contribution in [1.82, 2.24) is 8.61 Å². The van der Waals surface area contributed by atoms with E-state index < -0.39 is 10.2 Å². The molecule has 0 N–H and O–H groups in total. The van der Waals surface area contributed by atoms with Crippen LogP contribution in [0.4, 0.5) is 0 Å². The lowest BCUT2D eigenvalue weighted by atomic mass is 9.86. The van der Waals surface area contributed by atoms with Gasteiger partial charge in [-0.15, -0.1) is 11.3 Å². The molecule has 1 aromatic rings. The highest BCUT2D eigenvalue weighted by atomic mass is 32.2. The van der Waals surface area contributed by atoms with Crippen LogP contribution in [-0.4, -0.2) is 49.8 Å². The van der Waals surface area contributed by atoms with Crippen LogP contribution < -0.4 is 0 Å². The van der Waals surface area contributed by atoms with E-state index in [0.717, 1.165) is 38.7 Å². The predicted octanol–water partition coefficient (Wildman–Crippen LogP) is 1.95. The van der Waals surface area contributed by atoms with E-state index in [1.54, 1.807) is 19.9 Å². The van der Waals surface area contributed by atoms with Gasteiger partial charge in [0.05, 0.1) is 6.61 Å². The van der Waals surface area contributed by atoms with E-state index in [4.69, 9.17) is 4.74 Å². The van der Waals surface area contributed by atoms with Crippen LogP contribution in [0, 0.1) is 0 Å². The molecule has 0 amide bonds. The molecule has 0 atom stereocenters. The van der Waals surface area contributed by atoms with E-state index in [9.17, 15) is 8.42 Å². The number of fused-ring (bicyclic) bond motifs is 2. The maximum atomic E-state index is 12.7. The van der Waals surface area contributed by atoms with Crippen LogP contribution in [0.2, 0.25) is 0 Å². The molecule has 7 heteroatoms. The first-order valence-corrected chi connectivity index (χ1v) is 10.4. The van der Waals surface area contributed by atoms with Gasteiger partial charge in [-0.05, 0) is 49.1 Å². The number of thiophene rings is 1. The van der Waals surface area contributed by atoms with Crippen molar-refractivity contribution in [3.63, 3.8) is 0 Å². The molecular formula is C15H22N2O3S2. The van der Waals surface area contributed by atoms with Gasteiger partial charge < -0.3 is 4.74 Å². The summed E-state index contributed by atoms with van der Waals surface area (Å²) in [7, 11) is -3.27. The standard InChI is InChI=1S/C15H22N2O3S2/c18-22(19,16-7-1-2-8-16)17-9-5-15(6-10-17)14-13(3-11-20-15)4-12-21-14/h4,12H,1-3,5-11H2. The van der Waals surface area contributed by atoms with E-state index in [1.807, 2.05) is 0 Å². The molecule has 4 heterocycles. The minimum absolute atomic E-state index is 0.237. The molecule has 0 aromatic carbocycles. The number of hydrogen-bond donors (Lipinski definition) is 0. The quantitative estimate of drug-likeness (QED) is 0.825. The zero-order valence-corrected chi connectivity index (χ0v) is 14.3. The maximum Gasteiger partial charge on any atom is 0.281 e. The summed E-state index contributed by atoms with van der Waals surface area (Å²) in [6.07, 6.45) is 4.49. The fourth-order valence-electron chi connectivity index (χ4n) is 3.89. The van der Waals surface area contributed by atoms with Crippen LogP contribution in [0.5, 0.6) is 0 Å². The Balaban J connectivity index is 1.52. The summed E-state index contributed by atoms with van der Waals surface area (Å²) in [6, 6.07) is 2.19. The van der Waals surface area contributed by atoms with Crippen LogP contribution in [0.25, 0.3) is 0 Å². The number of ether oxygens (including phenoxy) is 1. The van der Waals surface area contributed by atoms with Crippen molar-refractivity contribution in [1.29, 1.82) is 0 Å². The van der Waals surface area contributed by atoms with Crippen LogP contribution >= 0.6 is 11.3 Å². The van der Waals surface area contributed by atoms with Crippen LogP contribution in [0.15, 0.2) is 11.4 Å². The number of rotatable bonds is 2. The molecule has 0 radical (unpaired) electrons. The summed E-state index contributed by atoms with van der Waals surface area (Å²) in [5.41, 5.74) is 1.16. The molecule has 1 aromatic heterocycles. The summed E-state index contributed by atoms with van der Waals surface area (Å²) in [6.45, 7) is 3.24. The van der Waals surface area contributed by atoms with E-state index in [1.165, 1.54) is 10.4 Å². The van der Waals surface area contributed by atoms with Gasteiger partial charge in [0.1, 0.15) is 5.60 Å². The second kappa shape index (κ2) is 5.56. The SMILES string of the molecule is O=S(=O)(N1CCCC1)N1CCC2(CC1)OCCc1ccsc12. The molecule has 1 spiro atoms. The smallest absolute Gasteiger partial charge is 0.281 e. The highest BCUT2D eigenvalue weighted by Crippen LogP contribution is 2.44. The molecule has 0 aliphatic carbocycles. The molecule has 4 rings (SSSR count). The third-order valence-electron chi connectivity index (χ3n) is 5.16. The predicted molar refractivity (Wildman–Crippen MR) is 86.2 cm³/mol. The molecule has 2 fully saturated rings. The normalized spacial score (nSPS) is 26.4. The van der Waals surface area contributed by atoms with Crippen molar-refractivity contribution in [3.8, 4) is 0 Å². The van der Waals surface area contributed by atoms with E-state index in [-0.39, 0.29) is 5.60 Å². The van der Waals surface area contributed by atoms with E-state index >= 15 is 0 Å². The lowest BCUT2D eigenvalue weighted by Gasteiger charge is -2.43. The zero-order chi connectivity index (χ0) is 15.2. The Hall–Kier alpha value is -0.470. The molecular weight excluding hydrogens is 320 g/mol. The summed E-state index contributed by atoms with van der Waals surface area (Å²) in [5.74, 6) is 0. The molecule has 122 valence electrons. The highest BCUT2D eigenvalue weighted by Gasteiger charge is 2.45. The molecule has 0 saturated carbocycles. The van der Waals surface area contributed by atoms with Gasteiger partial charge in [-0.1, -0.05) is 0 Å². The van der Waals surface area contributed by atoms with E-state index in [2.05, 4.69) is 11.4 Å². The van der Waals surface area contributed by atoms with Crippen LogP contribution in [0.3, 0.4) is 0 Å². The van der Waals surface area contributed by atoms with Crippen LogP contribution in [0.1, 0.15) is 36.1 Å². The molecule has 2 saturated heterocycles. The Morgan fingerprint density at radius 3 is 2.50 bits per heavy atom. The van der Waals surface area contributed by atoms with Gasteiger partial charge in [-0.2, -0.15) is 17.0 Å². The van der Waals surface area contributed by atoms with Gasteiger partial charge in [0.15, 0.2) is 0 Å². The third-order valence-corrected chi connectivity index (χ3v) is 8.34. The van der Waals surface area contributed by atoms with Gasteiger partial charge in [0.25, 0.3) is 10.2 Å². The Bertz CT molecular complexity index is 641. The Labute approximate surface area is 136 Å². The molecule has 0 bridgehead atoms. The summed E-state index contributed by atoms with van der Waals surface area (Å²) in [5, 5.41) is 2.13. The molecule has 3 aliphatic heterocycles. The first-order chi connectivity index (χ1) is 10.6. The van der Waals surface area contributed by atoms with Crippen molar-refractivity contribution in [2.24, 2.45) is 0 Å². The largest absolute Gasteiger partial charge is 0.369 e. The topological polar surface area (TPSA) is 49.9 Å². The monoisotopic (exact) mass is 342 g/mol. The summed E-state index contributed by atoms with van der Waals surface area (Å²) >= 11 is 1.76. The fraction of sp³-hybridized carbons (Fsp3) is 0.733. The lowest BCUT2D eigenvalue weighted by Crippen LogP contribution is -2.51. The summed E-state index contributed by atoms with van der Waals surface area (Å²) in [4.78, 5) is 1.33. The van der Waals surface area contributed by atoms with Crippen molar-refractivity contribution < 1.29 is 13.2 Å². The average Bonchev–Trinajstić information content (AvgIpc) is 3.20. The second-order valence-corrected chi connectivity index (χ2v) is 9.23. The van der Waals surface area contributed by atoms with Gasteiger partial charge in [-0.25, -0.2) is 0 Å². The van der Waals surface area contributed by atoms with Crippen molar-refractivity contribution >= 4 is 21.5 Å².